The molecule has 2 amide bonds. The van der Waals surface area contributed by atoms with Gasteiger partial charge in [0, 0.05) is 23.4 Å². The molecular weight excluding hydrogens is 288 g/mol. The molecule has 4 nitrogen and oxygen atoms in total. The number of amides is 2. The van der Waals surface area contributed by atoms with Crippen LogP contribution >= 0.6 is 11.6 Å². The first kappa shape index (κ1) is 15.1. The third-order valence-corrected chi connectivity index (χ3v) is 3.48. The fourth-order valence-corrected chi connectivity index (χ4v) is 1.96. The molecule has 0 fully saturated rings. The van der Waals surface area contributed by atoms with Crippen molar-refractivity contribution in [3.8, 4) is 0 Å². The summed E-state index contributed by atoms with van der Waals surface area (Å²) in [6.07, 6.45) is 0. The Bertz CT molecular complexity index is 671. The van der Waals surface area contributed by atoms with E-state index in [2.05, 4.69) is 5.32 Å². The van der Waals surface area contributed by atoms with Crippen molar-refractivity contribution >= 4 is 34.8 Å². The highest BCUT2D eigenvalue weighted by molar-refractivity contribution is 6.44. The van der Waals surface area contributed by atoms with Crippen LogP contribution in [0.3, 0.4) is 0 Å². The molecule has 0 unspecified atom stereocenters. The first-order valence-corrected chi connectivity index (χ1v) is 6.77. The Kier molecular flexibility index (Phi) is 4.60. The number of rotatable bonds is 2. The number of benzene rings is 2. The van der Waals surface area contributed by atoms with Crippen molar-refractivity contribution < 1.29 is 9.59 Å². The van der Waals surface area contributed by atoms with Crippen LogP contribution in [0.4, 0.5) is 11.4 Å². The topological polar surface area (TPSA) is 49.4 Å². The number of carbonyl (C=O) groups excluding carboxylic acids is 2. The molecule has 2 rings (SSSR count). The Morgan fingerprint density at radius 3 is 2.38 bits per heavy atom. The second-order valence-electron chi connectivity index (χ2n) is 4.62. The zero-order chi connectivity index (χ0) is 15.4. The molecule has 0 radical (unpaired) electrons. The van der Waals surface area contributed by atoms with E-state index in [1.807, 2.05) is 13.0 Å². The highest BCUT2D eigenvalue weighted by Gasteiger charge is 2.20. The average molecular weight is 303 g/mol. The number of carbonyl (C=O) groups is 2. The lowest BCUT2D eigenvalue weighted by atomic mass is 10.2. The van der Waals surface area contributed by atoms with Crippen LogP contribution in [0.15, 0.2) is 48.5 Å². The maximum atomic E-state index is 12.1. The van der Waals surface area contributed by atoms with Gasteiger partial charge in [-0.05, 0) is 36.8 Å². The van der Waals surface area contributed by atoms with Gasteiger partial charge in [0.25, 0.3) is 0 Å². The number of nitrogens with zero attached hydrogens (tertiary/aromatic N) is 1. The number of hydrogen-bond donors (Lipinski definition) is 1. The summed E-state index contributed by atoms with van der Waals surface area (Å²) < 4.78 is 0. The minimum Gasteiger partial charge on any atom is -0.318 e. The number of nitrogens with one attached hydrogen (secondary N) is 1. The van der Waals surface area contributed by atoms with Crippen LogP contribution in [0.5, 0.6) is 0 Å². The van der Waals surface area contributed by atoms with Crippen molar-refractivity contribution in [3.05, 3.63) is 59.1 Å². The van der Waals surface area contributed by atoms with Crippen LogP contribution in [0.1, 0.15) is 5.56 Å². The Labute approximate surface area is 128 Å². The molecule has 0 spiro atoms. The predicted octanol–water partition coefficient (Wildman–Crippen LogP) is 3.25. The third kappa shape index (κ3) is 3.61. The SMILES string of the molecule is Cc1ccc(NC(=O)C(=O)N(C)c2ccccc2)cc1Cl. The second-order valence-corrected chi connectivity index (χ2v) is 5.03. The van der Waals surface area contributed by atoms with Crippen molar-refractivity contribution in [1.82, 2.24) is 0 Å². The van der Waals surface area contributed by atoms with Crippen LogP contribution in [-0.2, 0) is 9.59 Å². The number of aryl methyl sites for hydroxylation is 1. The average Bonchev–Trinajstić information content (AvgIpc) is 2.50. The summed E-state index contributed by atoms with van der Waals surface area (Å²) in [5.74, 6) is -1.35. The summed E-state index contributed by atoms with van der Waals surface area (Å²) in [5, 5.41) is 3.08. The lowest BCUT2D eigenvalue weighted by Gasteiger charge is -2.16. The van der Waals surface area contributed by atoms with Crippen LogP contribution in [0.2, 0.25) is 5.02 Å². The van der Waals surface area contributed by atoms with Crippen molar-refractivity contribution in [2.45, 2.75) is 6.92 Å². The van der Waals surface area contributed by atoms with Crippen molar-refractivity contribution in [2.24, 2.45) is 0 Å². The second kappa shape index (κ2) is 6.41. The molecule has 0 aliphatic heterocycles. The van der Waals surface area contributed by atoms with Gasteiger partial charge < -0.3 is 10.2 Å². The molecule has 2 aromatic carbocycles. The summed E-state index contributed by atoms with van der Waals surface area (Å²) in [6.45, 7) is 1.86. The summed E-state index contributed by atoms with van der Waals surface area (Å²) in [5.41, 5.74) is 2.05. The molecule has 0 aromatic heterocycles. The van der Waals surface area contributed by atoms with E-state index in [0.717, 1.165) is 5.56 Å². The fraction of sp³-hybridized carbons (Fsp3) is 0.125. The summed E-state index contributed by atoms with van der Waals surface area (Å²) in [6, 6.07) is 14.1. The minimum absolute atomic E-state index is 0.491. The zero-order valence-corrected chi connectivity index (χ0v) is 12.5. The van der Waals surface area contributed by atoms with Crippen LogP contribution in [0, 0.1) is 6.92 Å². The molecule has 0 aliphatic carbocycles. The maximum Gasteiger partial charge on any atom is 0.316 e. The number of anilines is 2. The standard InChI is InChI=1S/C16H15ClN2O2/c1-11-8-9-12(10-14(11)17)18-15(20)16(21)19(2)13-6-4-3-5-7-13/h3-10H,1-2H3,(H,18,20). The van der Waals surface area contributed by atoms with Gasteiger partial charge in [0.2, 0.25) is 0 Å². The van der Waals surface area contributed by atoms with E-state index >= 15 is 0 Å². The van der Waals surface area contributed by atoms with Gasteiger partial charge in [0.1, 0.15) is 0 Å². The molecule has 0 saturated carbocycles. The lowest BCUT2D eigenvalue weighted by molar-refractivity contribution is -0.134. The molecule has 5 heteroatoms. The molecule has 0 bridgehead atoms. The fourth-order valence-electron chi connectivity index (χ4n) is 1.78. The van der Waals surface area contributed by atoms with E-state index in [-0.39, 0.29) is 0 Å². The van der Waals surface area contributed by atoms with E-state index < -0.39 is 11.8 Å². The number of likely N-dealkylation sites (N-methyl/N-ethyl adjacent to an activating group) is 1. The lowest BCUT2D eigenvalue weighted by Crippen LogP contribution is -2.37. The molecule has 0 atom stereocenters. The van der Waals surface area contributed by atoms with Gasteiger partial charge in [-0.15, -0.1) is 0 Å². The van der Waals surface area contributed by atoms with Crippen LogP contribution in [-0.4, -0.2) is 18.9 Å². The molecule has 21 heavy (non-hydrogen) atoms. The van der Waals surface area contributed by atoms with Gasteiger partial charge >= 0.3 is 11.8 Å². The molecule has 108 valence electrons. The molecule has 2 aromatic rings. The number of hydrogen-bond acceptors (Lipinski definition) is 2. The quantitative estimate of drug-likeness (QED) is 0.866. The Morgan fingerprint density at radius 2 is 1.76 bits per heavy atom. The first-order chi connectivity index (χ1) is 9.99. The van der Waals surface area contributed by atoms with E-state index in [4.69, 9.17) is 11.6 Å². The summed E-state index contributed by atoms with van der Waals surface area (Å²) >= 11 is 5.99. The largest absolute Gasteiger partial charge is 0.318 e. The monoisotopic (exact) mass is 302 g/mol. The highest BCUT2D eigenvalue weighted by Crippen LogP contribution is 2.20. The summed E-state index contributed by atoms with van der Waals surface area (Å²) in [7, 11) is 1.55. The van der Waals surface area contributed by atoms with Gasteiger partial charge in [-0.3, -0.25) is 9.59 Å². The third-order valence-electron chi connectivity index (χ3n) is 3.07. The van der Waals surface area contributed by atoms with E-state index in [1.165, 1.54) is 4.90 Å². The van der Waals surface area contributed by atoms with Gasteiger partial charge in [-0.2, -0.15) is 0 Å². The van der Waals surface area contributed by atoms with Crippen LogP contribution in [0.25, 0.3) is 0 Å². The predicted molar refractivity (Wildman–Crippen MR) is 84.7 cm³/mol. The van der Waals surface area contributed by atoms with Gasteiger partial charge in [-0.25, -0.2) is 0 Å². The molecule has 0 saturated heterocycles. The van der Waals surface area contributed by atoms with Crippen LogP contribution < -0.4 is 10.2 Å². The first-order valence-electron chi connectivity index (χ1n) is 6.39. The van der Waals surface area contributed by atoms with Gasteiger partial charge in [0.15, 0.2) is 0 Å². The van der Waals surface area contributed by atoms with Gasteiger partial charge in [-0.1, -0.05) is 35.9 Å². The van der Waals surface area contributed by atoms with E-state index in [0.29, 0.717) is 16.4 Å². The Hall–Kier alpha value is -2.33. The molecule has 0 aliphatic rings. The highest BCUT2D eigenvalue weighted by atomic mass is 35.5. The van der Waals surface area contributed by atoms with Crippen molar-refractivity contribution in [1.29, 1.82) is 0 Å². The van der Waals surface area contributed by atoms with Crippen molar-refractivity contribution in [2.75, 3.05) is 17.3 Å². The zero-order valence-electron chi connectivity index (χ0n) is 11.8. The normalized spacial score (nSPS) is 10.0. The molecule has 1 N–H and O–H groups in total. The molecular formula is C16H15ClN2O2. The molecule has 0 heterocycles. The maximum absolute atomic E-state index is 12.1. The Balaban J connectivity index is 2.09. The van der Waals surface area contributed by atoms with E-state index in [9.17, 15) is 9.59 Å². The number of para-hydroxylation sites is 1. The van der Waals surface area contributed by atoms with Crippen molar-refractivity contribution in [3.63, 3.8) is 0 Å². The van der Waals surface area contributed by atoms with E-state index in [1.54, 1.807) is 49.5 Å². The smallest absolute Gasteiger partial charge is 0.316 e. The summed E-state index contributed by atoms with van der Waals surface area (Å²) in [4.78, 5) is 25.4. The van der Waals surface area contributed by atoms with Gasteiger partial charge in [0.05, 0.1) is 0 Å². The number of halogens is 1. The minimum atomic E-state index is -0.707. The Morgan fingerprint density at radius 1 is 1.10 bits per heavy atom.